The van der Waals surface area contributed by atoms with Crippen molar-refractivity contribution >= 4 is 16.6 Å². The Hall–Kier alpha value is -1.48. The lowest BCUT2D eigenvalue weighted by Crippen LogP contribution is -2.10. The van der Waals surface area contributed by atoms with Crippen LogP contribution in [0.2, 0.25) is 0 Å². The molecule has 0 unspecified atom stereocenters. The third kappa shape index (κ3) is 1.72. The number of aromatic nitrogens is 1. The van der Waals surface area contributed by atoms with Gasteiger partial charge in [-0.15, -0.1) is 0 Å². The molecule has 1 aromatic heterocycles. The second kappa shape index (κ2) is 3.35. The first kappa shape index (κ1) is 9.09. The van der Waals surface area contributed by atoms with E-state index in [0.29, 0.717) is 0 Å². The summed E-state index contributed by atoms with van der Waals surface area (Å²) in [5, 5.41) is 1.18. The second-order valence-electron chi connectivity index (χ2n) is 3.88. The minimum atomic E-state index is 0.813. The number of nitrogen functional groups attached to an aromatic ring is 1. The van der Waals surface area contributed by atoms with Gasteiger partial charge in [-0.25, -0.2) is 0 Å². The van der Waals surface area contributed by atoms with Crippen molar-refractivity contribution in [2.75, 3.05) is 19.8 Å². The molecule has 0 spiro atoms. The van der Waals surface area contributed by atoms with E-state index in [1.54, 1.807) is 0 Å². The van der Waals surface area contributed by atoms with E-state index in [9.17, 15) is 0 Å². The Labute approximate surface area is 83.5 Å². The van der Waals surface area contributed by atoms with Gasteiger partial charge in [0, 0.05) is 28.8 Å². The highest BCUT2D eigenvalue weighted by Gasteiger charge is 2.01. The topological polar surface area (TPSA) is 45.0 Å². The molecule has 2 aromatic rings. The number of nitrogens with zero attached hydrogens (tertiary/aromatic N) is 1. The smallest absolute Gasteiger partial charge is 0.0457 e. The van der Waals surface area contributed by atoms with Gasteiger partial charge in [-0.2, -0.15) is 0 Å². The third-order valence-corrected chi connectivity index (χ3v) is 2.19. The lowest BCUT2D eigenvalue weighted by atomic mass is 10.2. The number of nitrogens with one attached hydrogen (secondary N) is 1. The highest BCUT2D eigenvalue weighted by molar-refractivity contribution is 5.83. The molecule has 1 heterocycles. The van der Waals surface area contributed by atoms with Gasteiger partial charge < -0.3 is 15.6 Å². The zero-order valence-corrected chi connectivity index (χ0v) is 8.54. The first-order valence-electron chi connectivity index (χ1n) is 4.67. The SMILES string of the molecule is CN(C)Cc1cc2cc(N)ccc2[nH]1. The second-order valence-corrected chi connectivity index (χ2v) is 3.88. The lowest BCUT2D eigenvalue weighted by molar-refractivity contribution is 0.398. The number of aromatic amines is 1. The third-order valence-electron chi connectivity index (χ3n) is 2.19. The van der Waals surface area contributed by atoms with Gasteiger partial charge in [-0.05, 0) is 38.4 Å². The summed E-state index contributed by atoms with van der Waals surface area (Å²) in [6.07, 6.45) is 0. The Balaban J connectivity index is 2.41. The van der Waals surface area contributed by atoms with Crippen molar-refractivity contribution in [2.24, 2.45) is 0 Å². The highest BCUT2D eigenvalue weighted by atomic mass is 15.1. The van der Waals surface area contributed by atoms with E-state index in [1.807, 2.05) is 18.2 Å². The molecule has 0 aliphatic heterocycles. The van der Waals surface area contributed by atoms with E-state index >= 15 is 0 Å². The van der Waals surface area contributed by atoms with Crippen LogP contribution in [-0.4, -0.2) is 24.0 Å². The van der Waals surface area contributed by atoms with Crippen LogP contribution < -0.4 is 5.73 Å². The average molecular weight is 189 g/mol. The van der Waals surface area contributed by atoms with Crippen molar-refractivity contribution in [3.63, 3.8) is 0 Å². The van der Waals surface area contributed by atoms with Crippen LogP contribution in [0.15, 0.2) is 24.3 Å². The fourth-order valence-corrected chi connectivity index (χ4v) is 1.64. The summed E-state index contributed by atoms with van der Waals surface area (Å²) in [6.45, 7) is 0.925. The summed E-state index contributed by atoms with van der Waals surface area (Å²) in [7, 11) is 4.11. The summed E-state index contributed by atoms with van der Waals surface area (Å²) in [5.41, 5.74) is 8.89. The van der Waals surface area contributed by atoms with Gasteiger partial charge in [0.15, 0.2) is 0 Å². The van der Waals surface area contributed by atoms with Gasteiger partial charge in [0.05, 0.1) is 0 Å². The molecule has 0 saturated heterocycles. The molecule has 2 rings (SSSR count). The minimum Gasteiger partial charge on any atom is -0.399 e. The molecule has 0 bridgehead atoms. The molecule has 0 aliphatic rings. The zero-order valence-electron chi connectivity index (χ0n) is 8.54. The quantitative estimate of drug-likeness (QED) is 0.708. The largest absolute Gasteiger partial charge is 0.399 e. The van der Waals surface area contributed by atoms with Crippen LogP contribution in [-0.2, 0) is 6.54 Å². The molecular formula is C11H15N3. The summed E-state index contributed by atoms with van der Waals surface area (Å²) >= 11 is 0. The Morgan fingerprint density at radius 3 is 2.79 bits per heavy atom. The molecule has 14 heavy (non-hydrogen) atoms. The summed E-state index contributed by atoms with van der Waals surface area (Å²) in [4.78, 5) is 5.49. The lowest BCUT2D eigenvalue weighted by Gasteiger charge is -2.06. The van der Waals surface area contributed by atoms with Crippen molar-refractivity contribution < 1.29 is 0 Å². The van der Waals surface area contributed by atoms with Gasteiger partial charge in [0.2, 0.25) is 0 Å². The van der Waals surface area contributed by atoms with Gasteiger partial charge in [-0.1, -0.05) is 0 Å². The summed E-state index contributed by atoms with van der Waals surface area (Å²) in [5.74, 6) is 0. The molecule has 3 nitrogen and oxygen atoms in total. The van der Waals surface area contributed by atoms with Crippen LogP contribution in [0.5, 0.6) is 0 Å². The summed E-state index contributed by atoms with van der Waals surface area (Å²) < 4.78 is 0. The van der Waals surface area contributed by atoms with E-state index in [4.69, 9.17) is 5.73 Å². The normalized spacial score (nSPS) is 11.4. The molecule has 0 saturated carbocycles. The van der Waals surface area contributed by atoms with Gasteiger partial charge in [0.1, 0.15) is 0 Å². The Bertz CT molecular complexity index is 443. The number of rotatable bonds is 2. The fraction of sp³-hybridized carbons (Fsp3) is 0.273. The number of H-pyrrole nitrogens is 1. The van der Waals surface area contributed by atoms with Crippen LogP contribution in [0.4, 0.5) is 5.69 Å². The van der Waals surface area contributed by atoms with Crippen LogP contribution in [0.3, 0.4) is 0 Å². The molecule has 3 N–H and O–H groups in total. The Kier molecular flexibility index (Phi) is 2.17. The number of hydrogen-bond acceptors (Lipinski definition) is 2. The predicted molar refractivity (Wildman–Crippen MR) is 60.1 cm³/mol. The fourth-order valence-electron chi connectivity index (χ4n) is 1.64. The maximum absolute atomic E-state index is 5.71. The highest BCUT2D eigenvalue weighted by Crippen LogP contribution is 2.18. The van der Waals surface area contributed by atoms with Gasteiger partial charge in [0.25, 0.3) is 0 Å². The minimum absolute atomic E-state index is 0.813. The molecule has 0 aliphatic carbocycles. The molecule has 0 atom stereocenters. The molecule has 74 valence electrons. The van der Waals surface area contributed by atoms with E-state index in [1.165, 1.54) is 11.1 Å². The Morgan fingerprint density at radius 2 is 2.07 bits per heavy atom. The van der Waals surface area contributed by atoms with Crippen molar-refractivity contribution in [3.8, 4) is 0 Å². The van der Waals surface area contributed by atoms with E-state index in [-0.39, 0.29) is 0 Å². The molecule has 0 radical (unpaired) electrons. The monoisotopic (exact) mass is 189 g/mol. The van der Waals surface area contributed by atoms with Crippen LogP contribution in [0.25, 0.3) is 10.9 Å². The average Bonchev–Trinajstić information content (AvgIpc) is 2.44. The summed E-state index contributed by atoms with van der Waals surface area (Å²) in [6, 6.07) is 8.07. The van der Waals surface area contributed by atoms with Crippen LogP contribution in [0, 0.1) is 0 Å². The number of benzene rings is 1. The number of nitrogens with two attached hydrogens (primary N) is 1. The van der Waals surface area contributed by atoms with Crippen molar-refractivity contribution in [1.82, 2.24) is 9.88 Å². The number of hydrogen-bond donors (Lipinski definition) is 2. The molecular weight excluding hydrogens is 174 g/mol. The van der Waals surface area contributed by atoms with Crippen molar-refractivity contribution in [2.45, 2.75) is 6.54 Å². The van der Waals surface area contributed by atoms with E-state index in [2.05, 4.69) is 30.0 Å². The van der Waals surface area contributed by atoms with Gasteiger partial charge >= 0.3 is 0 Å². The number of anilines is 1. The molecule has 1 aromatic carbocycles. The maximum Gasteiger partial charge on any atom is 0.0457 e. The predicted octanol–water partition coefficient (Wildman–Crippen LogP) is 1.81. The first-order valence-corrected chi connectivity index (χ1v) is 4.67. The van der Waals surface area contributed by atoms with Gasteiger partial charge in [-0.3, -0.25) is 0 Å². The number of fused-ring (bicyclic) bond motifs is 1. The van der Waals surface area contributed by atoms with Crippen molar-refractivity contribution in [3.05, 3.63) is 30.0 Å². The molecule has 0 fully saturated rings. The first-order chi connectivity index (χ1) is 6.65. The van der Waals surface area contributed by atoms with Crippen molar-refractivity contribution in [1.29, 1.82) is 0 Å². The molecule has 3 heteroatoms. The van der Waals surface area contributed by atoms with Crippen LogP contribution >= 0.6 is 0 Å². The maximum atomic E-state index is 5.71. The van der Waals surface area contributed by atoms with E-state index < -0.39 is 0 Å². The van der Waals surface area contributed by atoms with E-state index in [0.717, 1.165) is 17.7 Å². The zero-order chi connectivity index (χ0) is 10.1. The standard InChI is InChI=1S/C11H15N3/c1-14(2)7-10-6-8-5-9(12)3-4-11(8)13-10/h3-6,13H,7,12H2,1-2H3. The Morgan fingerprint density at radius 1 is 1.29 bits per heavy atom. The van der Waals surface area contributed by atoms with Crippen LogP contribution in [0.1, 0.15) is 5.69 Å². The molecule has 0 amide bonds.